The van der Waals surface area contributed by atoms with Gasteiger partial charge in [0.2, 0.25) is 0 Å². The van der Waals surface area contributed by atoms with Crippen LogP contribution in [0.25, 0.3) is 0 Å². The van der Waals surface area contributed by atoms with Gasteiger partial charge < -0.3 is 10.5 Å². The minimum Gasteiger partial charge on any atom is -0.387 e. The maximum absolute atomic E-state index is 12.5. The molecule has 7 heteroatoms. The Balaban J connectivity index is 2.54. The minimum atomic E-state index is -4.45. The molecule has 0 saturated carbocycles. The van der Waals surface area contributed by atoms with E-state index < -0.39 is 17.9 Å². The molecule has 1 aliphatic rings. The molecular weight excluding hydrogens is 223 g/mol. The monoisotopic (exact) mass is 239 g/mol. The molecule has 1 aliphatic heterocycles. The fourth-order valence-electron chi connectivity index (χ4n) is 1.79. The summed E-state index contributed by atoms with van der Waals surface area (Å²) in [7, 11) is 1.54. The van der Waals surface area contributed by atoms with Crippen molar-refractivity contribution in [1.82, 2.24) is 4.90 Å². The summed E-state index contributed by atoms with van der Waals surface area (Å²) in [5.41, 5.74) is 4.97. The average Bonchev–Trinajstić information content (AvgIpc) is 2.59. The van der Waals surface area contributed by atoms with Gasteiger partial charge in [0.05, 0.1) is 6.10 Å². The molecular formula is C9H16F3N3O. The van der Waals surface area contributed by atoms with Gasteiger partial charge in [0, 0.05) is 26.7 Å². The van der Waals surface area contributed by atoms with E-state index in [4.69, 9.17) is 15.9 Å². The lowest BCUT2D eigenvalue weighted by atomic mass is 10.1. The normalized spacial score (nSPS) is 24.6. The van der Waals surface area contributed by atoms with E-state index in [1.54, 1.807) is 12.0 Å². The molecule has 1 saturated heterocycles. The molecule has 1 rings (SSSR count). The van der Waals surface area contributed by atoms with Gasteiger partial charge in [0.25, 0.3) is 0 Å². The highest BCUT2D eigenvalue weighted by Crippen LogP contribution is 2.28. The van der Waals surface area contributed by atoms with Crippen molar-refractivity contribution >= 4 is 5.84 Å². The molecule has 0 aliphatic carbocycles. The Morgan fingerprint density at radius 1 is 1.62 bits per heavy atom. The molecule has 4 nitrogen and oxygen atoms in total. The quantitative estimate of drug-likeness (QED) is 0.564. The molecule has 0 aromatic carbocycles. The van der Waals surface area contributed by atoms with E-state index in [9.17, 15) is 13.2 Å². The third-order valence-electron chi connectivity index (χ3n) is 2.77. The molecule has 0 bridgehead atoms. The number of amidine groups is 1. The van der Waals surface area contributed by atoms with E-state index in [-0.39, 0.29) is 12.6 Å². The highest BCUT2D eigenvalue weighted by molar-refractivity contribution is 5.80. The maximum atomic E-state index is 12.5. The van der Waals surface area contributed by atoms with Crippen LogP contribution in [0.5, 0.6) is 0 Å². The molecule has 3 N–H and O–H groups in total. The first-order valence-electron chi connectivity index (χ1n) is 5.00. The number of hydrogen-bond donors (Lipinski definition) is 2. The summed E-state index contributed by atoms with van der Waals surface area (Å²) >= 11 is 0. The Morgan fingerprint density at radius 2 is 2.25 bits per heavy atom. The zero-order valence-corrected chi connectivity index (χ0v) is 9.05. The van der Waals surface area contributed by atoms with E-state index in [0.717, 1.165) is 6.42 Å². The van der Waals surface area contributed by atoms with Crippen LogP contribution in [0.15, 0.2) is 0 Å². The smallest absolute Gasteiger partial charge is 0.387 e. The molecule has 16 heavy (non-hydrogen) atoms. The van der Waals surface area contributed by atoms with Crippen LogP contribution in [0, 0.1) is 11.3 Å². The number of alkyl halides is 3. The van der Waals surface area contributed by atoms with E-state index >= 15 is 0 Å². The second kappa shape index (κ2) is 5.01. The number of likely N-dealkylation sites (tertiary alicyclic amines) is 1. The topological polar surface area (TPSA) is 62.3 Å². The van der Waals surface area contributed by atoms with Crippen molar-refractivity contribution in [2.45, 2.75) is 18.7 Å². The van der Waals surface area contributed by atoms with E-state index in [0.29, 0.717) is 13.1 Å². The fourth-order valence-corrected chi connectivity index (χ4v) is 1.79. The molecule has 0 radical (unpaired) electrons. The van der Waals surface area contributed by atoms with Gasteiger partial charge in [0.15, 0.2) is 0 Å². The van der Waals surface area contributed by atoms with Crippen LogP contribution >= 0.6 is 0 Å². The second-order valence-electron chi connectivity index (χ2n) is 3.96. The van der Waals surface area contributed by atoms with Gasteiger partial charge in [-0.15, -0.1) is 0 Å². The molecule has 1 fully saturated rings. The predicted molar refractivity (Wildman–Crippen MR) is 53.3 cm³/mol. The standard InChI is InChI=1S/C9H16F3N3O/c1-16-6-2-3-15(4-6)5-7(8(13)14)9(10,11)12/h6-7H,2-5H2,1H3,(H3,13,14). The van der Waals surface area contributed by atoms with Crippen molar-refractivity contribution < 1.29 is 17.9 Å². The summed E-state index contributed by atoms with van der Waals surface area (Å²) < 4.78 is 42.6. The molecule has 0 spiro atoms. The van der Waals surface area contributed by atoms with E-state index in [1.807, 2.05) is 0 Å². The van der Waals surface area contributed by atoms with Crippen molar-refractivity contribution in [3.63, 3.8) is 0 Å². The number of nitrogens with one attached hydrogen (secondary N) is 1. The van der Waals surface area contributed by atoms with Crippen molar-refractivity contribution in [2.24, 2.45) is 11.7 Å². The maximum Gasteiger partial charge on any atom is 0.399 e. The molecule has 0 amide bonds. The van der Waals surface area contributed by atoms with E-state index in [2.05, 4.69) is 0 Å². The summed E-state index contributed by atoms with van der Waals surface area (Å²) in [6, 6.07) is 0. The second-order valence-corrected chi connectivity index (χ2v) is 3.96. The fraction of sp³-hybridized carbons (Fsp3) is 0.889. The highest BCUT2D eigenvalue weighted by Gasteiger charge is 2.43. The van der Waals surface area contributed by atoms with Crippen molar-refractivity contribution in [3.8, 4) is 0 Å². The zero-order valence-electron chi connectivity index (χ0n) is 9.05. The molecule has 2 atom stereocenters. The van der Waals surface area contributed by atoms with E-state index in [1.165, 1.54) is 0 Å². The zero-order chi connectivity index (χ0) is 12.3. The lowest BCUT2D eigenvalue weighted by Crippen LogP contribution is -2.43. The van der Waals surface area contributed by atoms with Gasteiger partial charge in [0.1, 0.15) is 11.8 Å². The first kappa shape index (κ1) is 13.2. The minimum absolute atomic E-state index is 0.0131. The number of rotatable bonds is 4. The largest absolute Gasteiger partial charge is 0.399 e. The van der Waals surface area contributed by atoms with Gasteiger partial charge in [-0.25, -0.2) is 0 Å². The number of halogens is 3. The molecule has 0 aromatic heterocycles. The summed E-state index contributed by atoms with van der Waals surface area (Å²) in [4.78, 5) is 1.63. The number of ether oxygens (including phenoxy) is 1. The third-order valence-corrected chi connectivity index (χ3v) is 2.77. The van der Waals surface area contributed by atoms with Gasteiger partial charge >= 0.3 is 6.18 Å². The molecule has 0 aromatic rings. The Bertz CT molecular complexity index is 257. The Hall–Kier alpha value is -0.820. The van der Waals surface area contributed by atoms with Crippen molar-refractivity contribution in [2.75, 3.05) is 26.7 Å². The molecule has 2 unspecified atom stereocenters. The van der Waals surface area contributed by atoms with Gasteiger partial charge in [-0.05, 0) is 6.42 Å². The predicted octanol–water partition coefficient (Wildman–Crippen LogP) is 0.822. The lowest BCUT2D eigenvalue weighted by Gasteiger charge is -2.24. The van der Waals surface area contributed by atoms with Crippen LogP contribution in [0.4, 0.5) is 13.2 Å². The number of methoxy groups -OCH3 is 1. The highest BCUT2D eigenvalue weighted by atomic mass is 19.4. The summed E-state index contributed by atoms with van der Waals surface area (Å²) in [5, 5.41) is 6.97. The third kappa shape index (κ3) is 3.34. The van der Waals surface area contributed by atoms with Crippen LogP contribution < -0.4 is 5.73 Å². The summed E-state index contributed by atoms with van der Waals surface area (Å²) in [5.74, 6) is -2.70. The first-order chi connectivity index (χ1) is 7.34. The van der Waals surface area contributed by atoms with Crippen LogP contribution in [-0.4, -0.2) is 49.8 Å². The lowest BCUT2D eigenvalue weighted by molar-refractivity contribution is -0.159. The summed E-state index contributed by atoms with van der Waals surface area (Å²) in [6.45, 7) is 0.771. The van der Waals surface area contributed by atoms with Crippen LogP contribution in [0.2, 0.25) is 0 Å². The Kier molecular flexibility index (Phi) is 4.15. The van der Waals surface area contributed by atoms with Crippen LogP contribution in [0.1, 0.15) is 6.42 Å². The Morgan fingerprint density at radius 3 is 2.62 bits per heavy atom. The summed E-state index contributed by atoms with van der Waals surface area (Å²) in [6.07, 6.45) is -3.74. The van der Waals surface area contributed by atoms with Gasteiger partial charge in [-0.1, -0.05) is 0 Å². The number of hydrogen-bond acceptors (Lipinski definition) is 3. The Labute approximate surface area is 92.0 Å². The van der Waals surface area contributed by atoms with Crippen LogP contribution in [0.3, 0.4) is 0 Å². The van der Waals surface area contributed by atoms with Gasteiger partial charge in [-0.3, -0.25) is 10.3 Å². The number of nitrogens with zero attached hydrogens (tertiary/aromatic N) is 1. The molecule has 1 heterocycles. The first-order valence-corrected chi connectivity index (χ1v) is 5.00. The van der Waals surface area contributed by atoms with Gasteiger partial charge in [-0.2, -0.15) is 13.2 Å². The van der Waals surface area contributed by atoms with Crippen molar-refractivity contribution in [1.29, 1.82) is 5.41 Å². The van der Waals surface area contributed by atoms with Crippen LogP contribution in [-0.2, 0) is 4.74 Å². The molecule has 94 valence electrons. The SMILES string of the molecule is COC1CCN(CC(C(=N)N)C(F)(F)F)C1. The average molecular weight is 239 g/mol. The number of nitrogens with two attached hydrogens (primary N) is 1. The van der Waals surface area contributed by atoms with Crippen molar-refractivity contribution in [3.05, 3.63) is 0 Å².